The SMILES string of the molecule is Cc1csc(C=CC(=CC(=O)O)c2nc(C)cs2)n1. The minimum absolute atomic E-state index is 0.582. The normalized spacial score (nSPS) is 12.2. The lowest BCUT2D eigenvalue weighted by atomic mass is 10.2. The van der Waals surface area contributed by atoms with Crippen LogP contribution in [0.4, 0.5) is 0 Å². The first kappa shape index (κ1) is 13.6. The average Bonchev–Trinajstić information content (AvgIpc) is 2.93. The molecule has 2 heterocycles. The molecule has 0 aliphatic carbocycles. The number of hydrogen-bond donors (Lipinski definition) is 1. The zero-order chi connectivity index (χ0) is 13.8. The standard InChI is InChI=1S/C13H12N2O2S2/c1-8-6-18-11(14-8)4-3-10(5-12(16)17)13-15-9(2)7-19-13/h3-7H,1-2H3,(H,16,17). The molecule has 0 atom stereocenters. The molecule has 2 aromatic heterocycles. The largest absolute Gasteiger partial charge is 0.478 e. The van der Waals surface area contributed by atoms with E-state index in [2.05, 4.69) is 9.97 Å². The Hall–Kier alpha value is -1.79. The summed E-state index contributed by atoms with van der Waals surface area (Å²) in [6.45, 7) is 3.80. The summed E-state index contributed by atoms with van der Waals surface area (Å²) in [5.41, 5.74) is 2.42. The van der Waals surface area contributed by atoms with E-state index in [1.807, 2.05) is 30.7 Å². The quantitative estimate of drug-likeness (QED) is 0.693. The summed E-state index contributed by atoms with van der Waals surface area (Å²) in [7, 11) is 0. The number of nitrogens with zero attached hydrogens (tertiary/aromatic N) is 2. The van der Waals surface area contributed by atoms with Crippen molar-refractivity contribution in [2.24, 2.45) is 0 Å². The molecule has 2 rings (SSSR count). The van der Waals surface area contributed by atoms with Crippen LogP contribution in [0.2, 0.25) is 0 Å². The van der Waals surface area contributed by atoms with Gasteiger partial charge in [-0.3, -0.25) is 0 Å². The Morgan fingerprint density at radius 1 is 1.21 bits per heavy atom. The predicted molar refractivity (Wildman–Crippen MR) is 78.3 cm³/mol. The number of hydrogen-bond acceptors (Lipinski definition) is 5. The monoisotopic (exact) mass is 292 g/mol. The number of carboxylic acid groups (broad SMARTS) is 1. The lowest BCUT2D eigenvalue weighted by Crippen LogP contribution is -1.90. The summed E-state index contributed by atoms with van der Waals surface area (Å²) in [5.74, 6) is -0.983. The van der Waals surface area contributed by atoms with Crippen LogP contribution in [0.15, 0.2) is 22.9 Å². The number of aliphatic carboxylic acids is 1. The molecule has 6 heteroatoms. The third-order valence-corrected chi connectivity index (χ3v) is 4.12. The van der Waals surface area contributed by atoms with Gasteiger partial charge in [0.15, 0.2) is 0 Å². The topological polar surface area (TPSA) is 63.1 Å². The maximum atomic E-state index is 10.9. The van der Waals surface area contributed by atoms with Crippen LogP contribution in [-0.2, 0) is 4.79 Å². The molecule has 2 aromatic rings. The van der Waals surface area contributed by atoms with Crippen molar-refractivity contribution in [2.45, 2.75) is 13.8 Å². The van der Waals surface area contributed by atoms with Gasteiger partial charge in [-0.25, -0.2) is 14.8 Å². The highest BCUT2D eigenvalue weighted by atomic mass is 32.1. The molecule has 4 nitrogen and oxygen atoms in total. The molecule has 0 unspecified atom stereocenters. The molecule has 0 aliphatic heterocycles. The number of carbonyl (C=O) groups is 1. The minimum Gasteiger partial charge on any atom is -0.478 e. The van der Waals surface area contributed by atoms with E-state index in [-0.39, 0.29) is 0 Å². The van der Waals surface area contributed by atoms with Crippen molar-refractivity contribution in [3.63, 3.8) is 0 Å². The fourth-order valence-electron chi connectivity index (χ4n) is 1.41. The molecule has 0 fully saturated rings. The van der Waals surface area contributed by atoms with Gasteiger partial charge >= 0.3 is 5.97 Å². The Morgan fingerprint density at radius 3 is 2.42 bits per heavy atom. The van der Waals surface area contributed by atoms with Gasteiger partial charge in [0.25, 0.3) is 0 Å². The van der Waals surface area contributed by atoms with Crippen molar-refractivity contribution in [1.29, 1.82) is 0 Å². The van der Waals surface area contributed by atoms with E-state index in [1.165, 1.54) is 22.7 Å². The van der Waals surface area contributed by atoms with Gasteiger partial charge in [0.1, 0.15) is 10.0 Å². The summed E-state index contributed by atoms with van der Waals surface area (Å²) in [5, 5.41) is 14.3. The Labute approximate surface area is 118 Å². The molecule has 0 saturated carbocycles. The third-order valence-electron chi connectivity index (χ3n) is 2.19. The first-order chi connectivity index (χ1) is 9.04. The number of rotatable bonds is 4. The van der Waals surface area contributed by atoms with E-state index >= 15 is 0 Å². The number of aryl methyl sites for hydroxylation is 2. The first-order valence-electron chi connectivity index (χ1n) is 5.52. The van der Waals surface area contributed by atoms with Crippen LogP contribution in [-0.4, -0.2) is 21.0 Å². The molecule has 1 N–H and O–H groups in total. The fraction of sp³-hybridized carbons (Fsp3) is 0.154. The van der Waals surface area contributed by atoms with E-state index in [0.717, 1.165) is 22.5 Å². The van der Waals surface area contributed by atoms with Gasteiger partial charge in [-0.15, -0.1) is 22.7 Å². The van der Waals surface area contributed by atoms with Crippen molar-refractivity contribution in [3.8, 4) is 0 Å². The van der Waals surface area contributed by atoms with Gasteiger partial charge in [-0.05, 0) is 26.0 Å². The highest BCUT2D eigenvalue weighted by molar-refractivity contribution is 7.11. The molecule has 98 valence electrons. The van der Waals surface area contributed by atoms with Crippen LogP contribution in [0.3, 0.4) is 0 Å². The smallest absolute Gasteiger partial charge is 0.329 e. The van der Waals surface area contributed by atoms with Crippen molar-refractivity contribution in [3.05, 3.63) is 44.3 Å². The van der Waals surface area contributed by atoms with Crippen LogP contribution in [0.1, 0.15) is 21.4 Å². The number of carboxylic acids is 1. The van der Waals surface area contributed by atoms with Crippen molar-refractivity contribution >= 4 is 40.3 Å². The second-order valence-corrected chi connectivity index (χ2v) is 5.64. The highest BCUT2D eigenvalue weighted by Gasteiger charge is 2.06. The van der Waals surface area contributed by atoms with E-state index in [0.29, 0.717) is 10.6 Å². The van der Waals surface area contributed by atoms with E-state index < -0.39 is 5.97 Å². The predicted octanol–water partition coefficient (Wildman–Crippen LogP) is 3.40. The van der Waals surface area contributed by atoms with Gasteiger partial charge in [0.05, 0.1) is 0 Å². The van der Waals surface area contributed by atoms with E-state index in [1.54, 1.807) is 6.08 Å². The third kappa shape index (κ3) is 3.84. The van der Waals surface area contributed by atoms with Gasteiger partial charge in [-0.2, -0.15) is 0 Å². The van der Waals surface area contributed by atoms with Crippen molar-refractivity contribution in [1.82, 2.24) is 9.97 Å². The zero-order valence-electron chi connectivity index (χ0n) is 10.5. The van der Waals surface area contributed by atoms with Crippen molar-refractivity contribution in [2.75, 3.05) is 0 Å². The number of allylic oxidation sites excluding steroid dienone is 2. The Bertz CT molecular complexity index is 653. The molecule has 0 saturated heterocycles. The zero-order valence-corrected chi connectivity index (χ0v) is 12.1. The second-order valence-electron chi connectivity index (χ2n) is 3.89. The van der Waals surface area contributed by atoms with Crippen LogP contribution in [0.25, 0.3) is 11.6 Å². The lowest BCUT2D eigenvalue weighted by Gasteiger charge is -1.95. The molecule has 0 aromatic carbocycles. The van der Waals surface area contributed by atoms with Crippen molar-refractivity contribution < 1.29 is 9.90 Å². The molecule has 0 radical (unpaired) electrons. The van der Waals surface area contributed by atoms with E-state index in [9.17, 15) is 4.79 Å². The van der Waals surface area contributed by atoms with Gasteiger partial charge < -0.3 is 5.11 Å². The fourth-order valence-corrected chi connectivity index (χ4v) is 2.89. The van der Waals surface area contributed by atoms with Crippen LogP contribution in [0, 0.1) is 13.8 Å². The Morgan fingerprint density at radius 2 is 1.89 bits per heavy atom. The van der Waals surface area contributed by atoms with E-state index in [4.69, 9.17) is 5.11 Å². The van der Waals surface area contributed by atoms with Crippen LogP contribution in [0.5, 0.6) is 0 Å². The average molecular weight is 292 g/mol. The molecule has 0 aliphatic rings. The minimum atomic E-state index is -0.983. The lowest BCUT2D eigenvalue weighted by molar-refractivity contribution is -0.131. The molecule has 19 heavy (non-hydrogen) atoms. The van der Waals surface area contributed by atoms with Gasteiger partial charge in [0.2, 0.25) is 0 Å². The summed E-state index contributed by atoms with van der Waals surface area (Å²) in [6, 6.07) is 0. The first-order valence-corrected chi connectivity index (χ1v) is 7.28. The molecule has 0 spiro atoms. The maximum Gasteiger partial charge on any atom is 0.329 e. The summed E-state index contributed by atoms with van der Waals surface area (Å²) < 4.78 is 0. The second kappa shape index (κ2) is 5.90. The summed E-state index contributed by atoms with van der Waals surface area (Å²) in [6.07, 6.45) is 4.71. The highest BCUT2D eigenvalue weighted by Crippen LogP contribution is 2.22. The van der Waals surface area contributed by atoms with Crippen LogP contribution >= 0.6 is 22.7 Å². The molecular formula is C13H12N2O2S2. The summed E-state index contributed by atoms with van der Waals surface area (Å²) in [4.78, 5) is 19.5. The maximum absolute atomic E-state index is 10.9. The Balaban J connectivity index is 2.29. The number of aromatic nitrogens is 2. The molecule has 0 bridgehead atoms. The van der Waals surface area contributed by atoms with Crippen LogP contribution < -0.4 is 0 Å². The molecule has 0 amide bonds. The summed E-state index contributed by atoms with van der Waals surface area (Å²) >= 11 is 2.95. The van der Waals surface area contributed by atoms with Gasteiger partial charge in [-0.1, -0.05) is 0 Å². The van der Waals surface area contributed by atoms with Gasteiger partial charge in [0, 0.05) is 33.8 Å². The Kier molecular flexibility index (Phi) is 4.24. The number of thiazole rings is 2. The molecular weight excluding hydrogens is 280 g/mol.